The van der Waals surface area contributed by atoms with Gasteiger partial charge in [0.1, 0.15) is 5.76 Å². The summed E-state index contributed by atoms with van der Waals surface area (Å²) in [6.07, 6.45) is 4.93. The molecule has 1 aliphatic carbocycles. The van der Waals surface area contributed by atoms with Crippen LogP contribution in [-0.2, 0) is 6.42 Å². The molecular formula is C10H16N2O. The zero-order valence-electron chi connectivity index (χ0n) is 7.70. The molecular weight excluding hydrogens is 164 g/mol. The van der Waals surface area contributed by atoms with E-state index in [1.807, 2.05) is 12.1 Å². The van der Waals surface area contributed by atoms with Gasteiger partial charge in [0.15, 0.2) is 0 Å². The van der Waals surface area contributed by atoms with Crippen molar-refractivity contribution >= 4 is 0 Å². The van der Waals surface area contributed by atoms with Crippen LogP contribution < -0.4 is 11.1 Å². The fraction of sp³-hybridized carbons (Fsp3) is 0.600. The summed E-state index contributed by atoms with van der Waals surface area (Å²) in [6.45, 7) is 0.991. The lowest BCUT2D eigenvalue weighted by Gasteiger charge is -2.33. The quantitative estimate of drug-likeness (QED) is 0.724. The van der Waals surface area contributed by atoms with Crippen LogP contribution >= 0.6 is 0 Å². The number of hydrogen-bond acceptors (Lipinski definition) is 3. The number of rotatable bonds is 4. The van der Waals surface area contributed by atoms with Crippen LogP contribution in [0.3, 0.4) is 0 Å². The Kier molecular flexibility index (Phi) is 2.66. The van der Waals surface area contributed by atoms with E-state index < -0.39 is 0 Å². The second kappa shape index (κ2) is 3.94. The molecule has 1 saturated carbocycles. The van der Waals surface area contributed by atoms with Crippen molar-refractivity contribution in [1.82, 2.24) is 5.32 Å². The van der Waals surface area contributed by atoms with E-state index >= 15 is 0 Å². The zero-order valence-corrected chi connectivity index (χ0v) is 7.70. The maximum atomic E-state index is 5.68. The van der Waals surface area contributed by atoms with E-state index in [0.717, 1.165) is 31.6 Å². The standard InChI is InChI=1S/C10H16N2O/c11-8-6-9(7-8)12-4-3-10-2-1-5-13-10/h1-2,5,8-9,12H,3-4,6-7,11H2. The predicted octanol–water partition coefficient (Wildman–Crippen LogP) is 0.901. The van der Waals surface area contributed by atoms with Crippen molar-refractivity contribution in [3.63, 3.8) is 0 Å². The molecule has 3 N–H and O–H groups in total. The molecule has 0 unspecified atom stereocenters. The minimum Gasteiger partial charge on any atom is -0.469 e. The summed E-state index contributed by atoms with van der Waals surface area (Å²) in [5, 5.41) is 3.45. The molecule has 0 atom stereocenters. The first kappa shape index (κ1) is 8.78. The second-order valence-electron chi connectivity index (χ2n) is 3.71. The number of nitrogens with one attached hydrogen (secondary N) is 1. The van der Waals surface area contributed by atoms with Gasteiger partial charge in [-0.15, -0.1) is 0 Å². The predicted molar refractivity (Wildman–Crippen MR) is 51.4 cm³/mol. The van der Waals surface area contributed by atoms with Crippen molar-refractivity contribution in [3.8, 4) is 0 Å². The third-order valence-corrected chi connectivity index (χ3v) is 2.56. The van der Waals surface area contributed by atoms with Crippen LogP contribution in [0.2, 0.25) is 0 Å². The van der Waals surface area contributed by atoms with Gasteiger partial charge in [0.25, 0.3) is 0 Å². The number of furan rings is 1. The molecule has 0 spiro atoms. The third-order valence-electron chi connectivity index (χ3n) is 2.56. The first-order valence-corrected chi connectivity index (χ1v) is 4.86. The van der Waals surface area contributed by atoms with Gasteiger partial charge >= 0.3 is 0 Å². The van der Waals surface area contributed by atoms with Crippen LogP contribution in [0.5, 0.6) is 0 Å². The lowest BCUT2D eigenvalue weighted by Crippen LogP contribution is -2.48. The van der Waals surface area contributed by atoms with E-state index in [4.69, 9.17) is 10.2 Å². The van der Waals surface area contributed by atoms with Crippen LogP contribution in [0.1, 0.15) is 18.6 Å². The molecule has 1 aromatic heterocycles. The average Bonchev–Trinajstić information content (AvgIpc) is 2.53. The molecule has 0 saturated heterocycles. The summed E-state index contributed by atoms with van der Waals surface area (Å²) in [5.41, 5.74) is 5.68. The van der Waals surface area contributed by atoms with Gasteiger partial charge < -0.3 is 15.5 Å². The highest BCUT2D eigenvalue weighted by atomic mass is 16.3. The Balaban J connectivity index is 1.59. The number of nitrogens with two attached hydrogens (primary N) is 1. The molecule has 72 valence electrons. The van der Waals surface area contributed by atoms with Gasteiger partial charge in [-0.25, -0.2) is 0 Å². The van der Waals surface area contributed by atoms with Crippen molar-refractivity contribution in [2.45, 2.75) is 31.3 Å². The van der Waals surface area contributed by atoms with Gasteiger partial charge in [0.2, 0.25) is 0 Å². The molecule has 1 aromatic rings. The minimum absolute atomic E-state index is 0.432. The molecule has 0 amide bonds. The van der Waals surface area contributed by atoms with Gasteiger partial charge in [0, 0.05) is 25.0 Å². The Labute approximate surface area is 78.3 Å². The summed E-state index contributed by atoms with van der Waals surface area (Å²) < 4.78 is 5.22. The fourth-order valence-electron chi connectivity index (χ4n) is 1.68. The molecule has 1 fully saturated rings. The highest BCUT2D eigenvalue weighted by Gasteiger charge is 2.24. The number of hydrogen-bond donors (Lipinski definition) is 2. The molecule has 1 heterocycles. The van der Waals surface area contributed by atoms with Crippen LogP contribution in [0.4, 0.5) is 0 Å². The van der Waals surface area contributed by atoms with Crippen molar-refractivity contribution in [2.75, 3.05) is 6.54 Å². The monoisotopic (exact) mass is 180 g/mol. The van der Waals surface area contributed by atoms with Crippen LogP contribution in [0, 0.1) is 0 Å². The second-order valence-corrected chi connectivity index (χ2v) is 3.71. The van der Waals surface area contributed by atoms with E-state index in [-0.39, 0.29) is 0 Å². The van der Waals surface area contributed by atoms with Gasteiger partial charge in [-0.3, -0.25) is 0 Å². The van der Waals surface area contributed by atoms with E-state index in [0.29, 0.717) is 12.1 Å². The van der Waals surface area contributed by atoms with Crippen LogP contribution in [-0.4, -0.2) is 18.6 Å². The van der Waals surface area contributed by atoms with Crippen molar-refractivity contribution < 1.29 is 4.42 Å². The molecule has 3 nitrogen and oxygen atoms in total. The molecule has 0 bridgehead atoms. The summed E-state index contributed by atoms with van der Waals surface area (Å²) in [4.78, 5) is 0. The van der Waals surface area contributed by atoms with E-state index in [2.05, 4.69) is 5.32 Å². The molecule has 0 radical (unpaired) electrons. The molecule has 0 aliphatic heterocycles. The Morgan fingerprint density at radius 3 is 3.00 bits per heavy atom. The summed E-state index contributed by atoms with van der Waals surface area (Å²) in [6, 6.07) is 5.01. The fourth-order valence-corrected chi connectivity index (χ4v) is 1.68. The minimum atomic E-state index is 0.432. The van der Waals surface area contributed by atoms with Crippen molar-refractivity contribution in [3.05, 3.63) is 24.2 Å². The van der Waals surface area contributed by atoms with E-state index in [1.54, 1.807) is 6.26 Å². The summed E-state index contributed by atoms with van der Waals surface area (Å²) in [5.74, 6) is 1.05. The maximum absolute atomic E-state index is 5.68. The van der Waals surface area contributed by atoms with Crippen molar-refractivity contribution in [1.29, 1.82) is 0 Å². The van der Waals surface area contributed by atoms with Crippen molar-refractivity contribution in [2.24, 2.45) is 5.73 Å². The molecule has 2 rings (SSSR count). The average molecular weight is 180 g/mol. The lowest BCUT2D eigenvalue weighted by atomic mass is 9.87. The molecule has 13 heavy (non-hydrogen) atoms. The topological polar surface area (TPSA) is 51.2 Å². The van der Waals surface area contributed by atoms with Crippen LogP contribution in [0.25, 0.3) is 0 Å². The highest BCUT2D eigenvalue weighted by molar-refractivity contribution is 4.99. The van der Waals surface area contributed by atoms with Gasteiger partial charge in [-0.2, -0.15) is 0 Å². The highest BCUT2D eigenvalue weighted by Crippen LogP contribution is 2.17. The SMILES string of the molecule is NC1CC(NCCc2ccco2)C1. The molecule has 1 aliphatic rings. The van der Waals surface area contributed by atoms with Gasteiger partial charge in [-0.1, -0.05) is 0 Å². The molecule has 0 aromatic carbocycles. The van der Waals surface area contributed by atoms with E-state index in [1.165, 1.54) is 0 Å². The Morgan fingerprint density at radius 1 is 1.54 bits per heavy atom. The third kappa shape index (κ3) is 2.32. The largest absolute Gasteiger partial charge is 0.469 e. The molecule has 3 heteroatoms. The van der Waals surface area contributed by atoms with Gasteiger partial charge in [-0.05, 0) is 25.0 Å². The Hall–Kier alpha value is -0.800. The summed E-state index contributed by atoms with van der Waals surface area (Å²) in [7, 11) is 0. The smallest absolute Gasteiger partial charge is 0.105 e. The van der Waals surface area contributed by atoms with E-state index in [9.17, 15) is 0 Å². The lowest BCUT2D eigenvalue weighted by molar-refractivity contribution is 0.292. The summed E-state index contributed by atoms with van der Waals surface area (Å²) >= 11 is 0. The normalized spacial score (nSPS) is 27.2. The van der Waals surface area contributed by atoms with Gasteiger partial charge in [0.05, 0.1) is 6.26 Å². The maximum Gasteiger partial charge on any atom is 0.105 e. The van der Waals surface area contributed by atoms with Crippen LogP contribution in [0.15, 0.2) is 22.8 Å². The first-order valence-electron chi connectivity index (χ1n) is 4.86. The Morgan fingerprint density at radius 2 is 2.38 bits per heavy atom. The Bertz CT molecular complexity index is 239. The zero-order chi connectivity index (χ0) is 9.10. The first-order chi connectivity index (χ1) is 6.34.